The molecule has 6 nitrogen and oxygen atoms in total. The third kappa shape index (κ3) is 3.54. The standard InChI is InChI=1S/C16H18N4O2S2/c1-4-23-10-14-17-18-16-20(14)19-15(24-16)8-6-11-5-7-12(21-2)13(9-11)22-3/h5-9H,4,10H2,1-3H3/b8-6+. The highest BCUT2D eigenvalue weighted by Crippen LogP contribution is 2.28. The van der Waals surface area contributed by atoms with Gasteiger partial charge in [-0.25, -0.2) is 0 Å². The van der Waals surface area contributed by atoms with Crippen LogP contribution in [0.2, 0.25) is 0 Å². The van der Waals surface area contributed by atoms with Gasteiger partial charge in [0.1, 0.15) is 5.01 Å². The molecule has 3 rings (SSSR count). The summed E-state index contributed by atoms with van der Waals surface area (Å²) in [5, 5.41) is 13.8. The molecular weight excluding hydrogens is 344 g/mol. The smallest absolute Gasteiger partial charge is 0.234 e. The van der Waals surface area contributed by atoms with Crippen molar-refractivity contribution >= 4 is 40.2 Å². The van der Waals surface area contributed by atoms with Crippen molar-refractivity contribution in [3.63, 3.8) is 0 Å². The second kappa shape index (κ2) is 7.67. The van der Waals surface area contributed by atoms with E-state index >= 15 is 0 Å². The second-order valence-corrected chi connectivity index (χ2v) is 7.10. The molecule has 0 aliphatic rings. The molecule has 126 valence electrons. The van der Waals surface area contributed by atoms with Crippen LogP contribution in [-0.2, 0) is 5.75 Å². The van der Waals surface area contributed by atoms with Crippen LogP contribution in [0.4, 0.5) is 0 Å². The van der Waals surface area contributed by atoms with Crippen molar-refractivity contribution in [3.05, 3.63) is 34.6 Å². The molecule has 8 heteroatoms. The van der Waals surface area contributed by atoms with Crippen LogP contribution in [0.15, 0.2) is 18.2 Å². The number of hydrogen-bond acceptors (Lipinski definition) is 7. The van der Waals surface area contributed by atoms with E-state index in [2.05, 4.69) is 22.2 Å². The molecule has 0 saturated carbocycles. The molecular formula is C16H18N4O2S2. The molecule has 0 aliphatic carbocycles. The average Bonchev–Trinajstić information content (AvgIpc) is 3.18. The first-order valence-corrected chi connectivity index (χ1v) is 9.41. The summed E-state index contributed by atoms with van der Waals surface area (Å²) in [5.41, 5.74) is 1.01. The fraction of sp³-hybridized carbons (Fsp3) is 0.312. The zero-order valence-electron chi connectivity index (χ0n) is 13.7. The van der Waals surface area contributed by atoms with Crippen LogP contribution in [0.25, 0.3) is 17.1 Å². The molecule has 3 aromatic rings. The third-order valence-corrected chi connectivity index (χ3v) is 5.07. The molecule has 0 amide bonds. The first-order valence-electron chi connectivity index (χ1n) is 7.44. The molecule has 24 heavy (non-hydrogen) atoms. The first-order chi connectivity index (χ1) is 11.7. The van der Waals surface area contributed by atoms with Gasteiger partial charge in [0.15, 0.2) is 17.3 Å². The fourth-order valence-corrected chi connectivity index (χ4v) is 3.47. The molecule has 0 spiro atoms. The van der Waals surface area contributed by atoms with Gasteiger partial charge in [0.05, 0.1) is 20.0 Å². The molecule has 1 aromatic carbocycles. The maximum atomic E-state index is 5.32. The number of thioether (sulfide) groups is 1. The Morgan fingerprint density at radius 2 is 2.00 bits per heavy atom. The van der Waals surface area contributed by atoms with Gasteiger partial charge in [0.2, 0.25) is 4.96 Å². The van der Waals surface area contributed by atoms with Gasteiger partial charge >= 0.3 is 0 Å². The lowest BCUT2D eigenvalue weighted by Crippen LogP contribution is -1.94. The van der Waals surface area contributed by atoms with E-state index in [0.717, 1.165) is 32.9 Å². The molecule has 0 bridgehead atoms. The monoisotopic (exact) mass is 362 g/mol. The number of ether oxygens (including phenoxy) is 2. The van der Waals surface area contributed by atoms with Gasteiger partial charge in [-0.2, -0.15) is 21.4 Å². The van der Waals surface area contributed by atoms with Crippen molar-refractivity contribution in [1.29, 1.82) is 0 Å². The predicted octanol–water partition coefficient (Wildman–Crippen LogP) is 3.63. The van der Waals surface area contributed by atoms with Gasteiger partial charge in [-0.05, 0) is 29.5 Å². The van der Waals surface area contributed by atoms with Crippen molar-refractivity contribution in [2.75, 3.05) is 20.0 Å². The van der Waals surface area contributed by atoms with Crippen LogP contribution in [0.5, 0.6) is 11.5 Å². The van der Waals surface area contributed by atoms with Crippen LogP contribution in [0.3, 0.4) is 0 Å². The van der Waals surface area contributed by atoms with Crippen LogP contribution < -0.4 is 9.47 Å². The summed E-state index contributed by atoms with van der Waals surface area (Å²) in [6.07, 6.45) is 3.96. The van der Waals surface area contributed by atoms with Crippen molar-refractivity contribution in [2.45, 2.75) is 12.7 Å². The number of methoxy groups -OCH3 is 2. The zero-order valence-corrected chi connectivity index (χ0v) is 15.4. The van der Waals surface area contributed by atoms with E-state index < -0.39 is 0 Å². The highest BCUT2D eigenvalue weighted by atomic mass is 32.2. The predicted molar refractivity (Wildman–Crippen MR) is 99.0 cm³/mol. The summed E-state index contributed by atoms with van der Waals surface area (Å²) in [7, 11) is 3.26. The fourth-order valence-electron chi connectivity index (χ4n) is 2.15. The summed E-state index contributed by atoms with van der Waals surface area (Å²) in [6.45, 7) is 2.13. The number of nitrogens with zero attached hydrogens (tertiary/aromatic N) is 4. The average molecular weight is 362 g/mol. The topological polar surface area (TPSA) is 61.5 Å². The maximum Gasteiger partial charge on any atom is 0.234 e. The van der Waals surface area contributed by atoms with Crippen molar-refractivity contribution in [3.8, 4) is 11.5 Å². The van der Waals surface area contributed by atoms with Gasteiger partial charge < -0.3 is 9.47 Å². The molecule has 0 unspecified atom stereocenters. The van der Waals surface area contributed by atoms with Gasteiger partial charge in [0, 0.05) is 0 Å². The van der Waals surface area contributed by atoms with Gasteiger partial charge in [-0.1, -0.05) is 30.4 Å². The van der Waals surface area contributed by atoms with Crippen LogP contribution in [0.1, 0.15) is 23.3 Å². The molecule has 0 aliphatic heterocycles. The number of benzene rings is 1. The highest BCUT2D eigenvalue weighted by molar-refractivity contribution is 7.98. The van der Waals surface area contributed by atoms with E-state index in [1.165, 1.54) is 11.3 Å². The van der Waals surface area contributed by atoms with Crippen LogP contribution in [0, 0.1) is 0 Å². The van der Waals surface area contributed by atoms with E-state index in [-0.39, 0.29) is 0 Å². The molecule has 0 N–H and O–H groups in total. The SMILES string of the molecule is CCSCc1nnc2sc(/C=C/c3ccc(OC)c(OC)c3)nn12. The minimum Gasteiger partial charge on any atom is -0.493 e. The normalized spacial score (nSPS) is 11.5. The lowest BCUT2D eigenvalue weighted by atomic mass is 10.2. The first kappa shape index (κ1) is 16.8. The number of aromatic nitrogens is 4. The van der Waals surface area contributed by atoms with Crippen molar-refractivity contribution in [2.24, 2.45) is 0 Å². The quantitative estimate of drug-likeness (QED) is 0.640. The Hall–Kier alpha value is -2.06. The van der Waals surface area contributed by atoms with Gasteiger partial charge in [-0.15, -0.1) is 10.2 Å². The summed E-state index contributed by atoms with van der Waals surface area (Å²) < 4.78 is 12.4. The van der Waals surface area contributed by atoms with Gasteiger partial charge in [0.25, 0.3) is 0 Å². The van der Waals surface area contributed by atoms with Crippen LogP contribution >= 0.6 is 23.1 Å². The lowest BCUT2D eigenvalue weighted by molar-refractivity contribution is 0.355. The molecule has 0 atom stereocenters. The molecule has 0 saturated heterocycles. The van der Waals surface area contributed by atoms with E-state index in [1.807, 2.05) is 34.9 Å². The van der Waals surface area contributed by atoms with Crippen molar-refractivity contribution in [1.82, 2.24) is 19.8 Å². The zero-order chi connectivity index (χ0) is 16.9. The van der Waals surface area contributed by atoms with E-state index in [9.17, 15) is 0 Å². The summed E-state index contributed by atoms with van der Waals surface area (Å²) in [5.74, 6) is 4.17. The second-order valence-electron chi connectivity index (χ2n) is 4.84. The summed E-state index contributed by atoms with van der Waals surface area (Å²) >= 11 is 3.32. The summed E-state index contributed by atoms with van der Waals surface area (Å²) in [6, 6.07) is 5.79. The Bertz CT molecular complexity index is 857. The Morgan fingerprint density at radius 1 is 1.17 bits per heavy atom. The van der Waals surface area contributed by atoms with Gasteiger partial charge in [-0.3, -0.25) is 0 Å². The molecule has 2 aromatic heterocycles. The van der Waals surface area contributed by atoms with E-state index in [0.29, 0.717) is 11.5 Å². The maximum absolute atomic E-state index is 5.32. The number of rotatable bonds is 7. The van der Waals surface area contributed by atoms with E-state index in [1.54, 1.807) is 26.0 Å². The Balaban J connectivity index is 1.81. The third-order valence-electron chi connectivity index (χ3n) is 3.33. The minimum absolute atomic E-state index is 0.705. The lowest BCUT2D eigenvalue weighted by Gasteiger charge is -2.07. The molecule has 0 radical (unpaired) electrons. The minimum atomic E-state index is 0.705. The molecule has 0 fully saturated rings. The highest BCUT2D eigenvalue weighted by Gasteiger charge is 2.10. The Kier molecular flexibility index (Phi) is 5.37. The number of hydrogen-bond donors (Lipinski definition) is 0. The Labute approximate surface area is 148 Å². The van der Waals surface area contributed by atoms with Crippen molar-refractivity contribution < 1.29 is 9.47 Å². The Morgan fingerprint density at radius 3 is 2.75 bits per heavy atom. The van der Waals surface area contributed by atoms with E-state index in [4.69, 9.17) is 9.47 Å². The largest absolute Gasteiger partial charge is 0.493 e. The van der Waals surface area contributed by atoms with Crippen LogP contribution in [-0.4, -0.2) is 39.8 Å². The number of fused-ring (bicyclic) bond motifs is 1. The molecule has 2 heterocycles. The summed E-state index contributed by atoms with van der Waals surface area (Å²) in [4.78, 5) is 0.814.